The van der Waals surface area contributed by atoms with Crippen molar-refractivity contribution < 1.29 is 4.42 Å². The summed E-state index contributed by atoms with van der Waals surface area (Å²) in [6.45, 7) is 3.20. The summed E-state index contributed by atoms with van der Waals surface area (Å²) >= 11 is 3.68. The van der Waals surface area contributed by atoms with Crippen molar-refractivity contribution in [2.75, 3.05) is 12.3 Å². The zero-order valence-electron chi connectivity index (χ0n) is 12.0. The summed E-state index contributed by atoms with van der Waals surface area (Å²) in [5, 5.41) is 6.90. The number of hydrogen-bond donors (Lipinski definition) is 1. The Morgan fingerprint density at radius 2 is 2.14 bits per heavy atom. The van der Waals surface area contributed by atoms with Gasteiger partial charge in [0.2, 0.25) is 0 Å². The first-order valence-corrected chi connectivity index (χ1v) is 9.11. The minimum Gasteiger partial charge on any atom is -0.459 e. The van der Waals surface area contributed by atoms with Crippen molar-refractivity contribution in [3.63, 3.8) is 0 Å². The van der Waals surface area contributed by atoms with Gasteiger partial charge in [-0.2, -0.15) is 0 Å². The summed E-state index contributed by atoms with van der Waals surface area (Å²) < 4.78 is 7.38. The smallest absolute Gasteiger partial charge is 0.134 e. The van der Waals surface area contributed by atoms with Gasteiger partial charge in [0.25, 0.3) is 0 Å². The maximum Gasteiger partial charge on any atom is 0.134 e. The summed E-state index contributed by atoms with van der Waals surface area (Å²) in [4.78, 5) is 0. The van der Waals surface area contributed by atoms with Crippen molar-refractivity contribution in [2.45, 2.75) is 23.6 Å². The Bertz CT molecular complexity index is 642. The maximum atomic E-state index is 6.02. The minimum atomic E-state index is 0.254. The molecule has 0 saturated heterocycles. The molecule has 3 rings (SSSR count). The van der Waals surface area contributed by atoms with Gasteiger partial charge in [-0.25, -0.2) is 0 Å². The van der Waals surface area contributed by atoms with E-state index >= 15 is 0 Å². The SMILES string of the molecule is CCCNC(CSc1cccs1)c1cc2ccccc2o1. The van der Waals surface area contributed by atoms with Gasteiger partial charge in [-0.1, -0.05) is 31.2 Å². The first-order valence-electron chi connectivity index (χ1n) is 7.25. The van der Waals surface area contributed by atoms with Crippen LogP contribution < -0.4 is 5.32 Å². The van der Waals surface area contributed by atoms with Crippen molar-refractivity contribution in [3.8, 4) is 0 Å². The van der Waals surface area contributed by atoms with Crippen LogP contribution in [0.25, 0.3) is 11.0 Å². The molecule has 0 fully saturated rings. The fourth-order valence-corrected chi connectivity index (χ4v) is 4.12. The van der Waals surface area contributed by atoms with Crippen LogP contribution in [0.2, 0.25) is 0 Å². The van der Waals surface area contributed by atoms with Crippen molar-refractivity contribution in [3.05, 3.63) is 53.6 Å². The van der Waals surface area contributed by atoms with Gasteiger partial charge in [-0.15, -0.1) is 23.1 Å². The lowest BCUT2D eigenvalue weighted by molar-refractivity contribution is 0.456. The van der Waals surface area contributed by atoms with Gasteiger partial charge in [0, 0.05) is 11.1 Å². The largest absolute Gasteiger partial charge is 0.459 e. The van der Waals surface area contributed by atoms with E-state index in [2.05, 4.69) is 48.0 Å². The van der Waals surface area contributed by atoms with Crippen molar-refractivity contribution >= 4 is 34.1 Å². The molecular weight excluding hydrogens is 298 g/mol. The van der Waals surface area contributed by atoms with E-state index in [4.69, 9.17) is 4.42 Å². The Balaban J connectivity index is 1.76. The first-order chi connectivity index (χ1) is 10.4. The molecule has 0 radical (unpaired) electrons. The Morgan fingerprint density at radius 3 is 2.90 bits per heavy atom. The fraction of sp³-hybridized carbons (Fsp3) is 0.294. The maximum absolute atomic E-state index is 6.02. The number of benzene rings is 1. The molecule has 2 aromatic heterocycles. The molecule has 1 N–H and O–H groups in total. The number of thioether (sulfide) groups is 1. The molecule has 0 aliphatic rings. The molecule has 0 aliphatic heterocycles. The first kappa shape index (κ1) is 14.7. The van der Waals surface area contributed by atoms with Crippen LogP contribution in [0, 0.1) is 0 Å². The van der Waals surface area contributed by atoms with Crippen LogP contribution in [0.3, 0.4) is 0 Å². The zero-order chi connectivity index (χ0) is 14.5. The van der Waals surface area contributed by atoms with Gasteiger partial charge in [-0.05, 0) is 36.5 Å². The van der Waals surface area contributed by atoms with Crippen molar-refractivity contribution in [1.82, 2.24) is 5.32 Å². The number of para-hydroxylation sites is 1. The summed E-state index contributed by atoms with van der Waals surface area (Å²) in [5.41, 5.74) is 0.969. The van der Waals surface area contributed by atoms with Crippen LogP contribution in [0.15, 0.2) is 56.5 Å². The molecule has 0 bridgehead atoms. The van der Waals surface area contributed by atoms with Crippen LogP contribution in [-0.2, 0) is 0 Å². The second kappa shape index (κ2) is 7.16. The molecule has 2 nitrogen and oxygen atoms in total. The average Bonchev–Trinajstić information content (AvgIpc) is 3.16. The van der Waals surface area contributed by atoms with Crippen LogP contribution in [-0.4, -0.2) is 12.3 Å². The second-order valence-electron chi connectivity index (χ2n) is 4.94. The Kier molecular flexibility index (Phi) is 5.01. The molecule has 1 atom stereocenters. The normalized spacial score (nSPS) is 12.8. The number of thiophene rings is 1. The fourth-order valence-electron chi connectivity index (χ4n) is 2.25. The predicted octanol–water partition coefficient (Wildman–Crippen LogP) is 5.33. The van der Waals surface area contributed by atoms with Crippen LogP contribution in [0.5, 0.6) is 0 Å². The topological polar surface area (TPSA) is 25.2 Å². The van der Waals surface area contributed by atoms with E-state index in [0.29, 0.717) is 0 Å². The van der Waals surface area contributed by atoms with E-state index in [1.165, 1.54) is 9.60 Å². The van der Waals surface area contributed by atoms with E-state index < -0.39 is 0 Å². The minimum absolute atomic E-state index is 0.254. The van der Waals surface area contributed by atoms with Gasteiger partial charge in [-0.3, -0.25) is 0 Å². The highest BCUT2D eigenvalue weighted by Gasteiger charge is 2.16. The molecule has 1 unspecified atom stereocenters. The van der Waals surface area contributed by atoms with Gasteiger partial charge in [0.15, 0.2) is 0 Å². The molecule has 0 spiro atoms. The third kappa shape index (κ3) is 3.70. The molecular formula is C17H19NOS2. The van der Waals surface area contributed by atoms with Crippen molar-refractivity contribution in [2.24, 2.45) is 0 Å². The van der Waals surface area contributed by atoms with Gasteiger partial charge in [0.1, 0.15) is 11.3 Å². The predicted molar refractivity (Wildman–Crippen MR) is 92.3 cm³/mol. The van der Waals surface area contributed by atoms with E-state index in [1.54, 1.807) is 11.3 Å². The number of nitrogens with one attached hydrogen (secondary N) is 1. The second-order valence-corrected chi connectivity index (χ2v) is 7.20. The molecule has 3 aromatic rings. The third-order valence-electron chi connectivity index (χ3n) is 3.32. The molecule has 21 heavy (non-hydrogen) atoms. The zero-order valence-corrected chi connectivity index (χ0v) is 13.7. The lowest BCUT2D eigenvalue weighted by Crippen LogP contribution is -2.23. The Labute approximate surface area is 133 Å². The average molecular weight is 317 g/mol. The standard InChI is InChI=1S/C17H19NOS2/c1-2-9-18-14(12-21-17-8-5-10-20-17)16-11-13-6-3-4-7-15(13)19-16/h3-8,10-11,14,18H,2,9,12H2,1H3. The highest BCUT2D eigenvalue weighted by molar-refractivity contribution is 8.01. The summed E-state index contributed by atoms with van der Waals surface area (Å²) in [7, 11) is 0. The number of rotatable bonds is 7. The summed E-state index contributed by atoms with van der Waals surface area (Å²) in [6.07, 6.45) is 1.13. The van der Waals surface area contributed by atoms with E-state index in [0.717, 1.165) is 30.1 Å². The quantitative estimate of drug-likeness (QED) is 0.596. The highest BCUT2D eigenvalue weighted by atomic mass is 32.2. The van der Waals surface area contributed by atoms with Gasteiger partial charge in [0.05, 0.1) is 10.3 Å². The van der Waals surface area contributed by atoms with E-state index in [1.807, 2.05) is 23.9 Å². The molecule has 0 aliphatic carbocycles. The third-order valence-corrected chi connectivity index (χ3v) is 5.54. The molecule has 2 heterocycles. The molecule has 1 aromatic carbocycles. The van der Waals surface area contributed by atoms with Gasteiger partial charge < -0.3 is 9.73 Å². The Hall–Kier alpha value is -1.23. The molecule has 110 valence electrons. The van der Waals surface area contributed by atoms with E-state index in [9.17, 15) is 0 Å². The highest BCUT2D eigenvalue weighted by Crippen LogP contribution is 2.30. The van der Waals surface area contributed by atoms with Crippen LogP contribution in [0.4, 0.5) is 0 Å². The number of hydrogen-bond acceptors (Lipinski definition) is 4. The van der Waals surface area contributed by atoms with Crippen LogP contribution in [0.1, 0.15) is 25.1 Å². The molecule has 0 amide bonds. The molecule has 0 saturated carbocycles. The van der Waals surface area contributed by atoms with E-state index in [-0.39, 0.29) is 6.04 Å². The van der Waals surface area contributed by atoms with Gasteiger partial charge >= 0.3 is 0 Å². The lowest BCUT2D eigenvalue weighted by atomic mass is 10.2. The van der Waals surface area contributed by atoms with Crippen LogP contribution >= 0.6 is 23.1 Å². The number of furan rings is 1. The Morgan fingerprint density at radius 1 is 1.24 bits per heavy atom. The number of fused-ring (bicyclic) bond motifs is 1. The summed E-state index contributed by atoms with van der Waals surface area (Å²) in [6, 6.07) is 14.9. The van der Waals surface area contributed by atoms with Crippen molar-refractivity contribution in [1.29, 1.82) is 0 Å². The monoisotopic (exact) mass is 317 g/mol. The lowest BCUT2D eigenvalue weighted by Gasteiger charge is -2.15. The summed E-state index contributed by atoms with van der Waals surface area (Å²) in [5.74, 6) is 2.02. The molecule has 4 heteroatoms.